The molecule has 2 aromatic heterocycles. The van der Waals surface area contributed by atoms with E-state index in [9.17, 15) is 10.1 Å². The number of nitrogens with zero attached hydrogens (tertiary/aromatic N) is 3. The molecule has 2 atom stereocenters. The predicted molar refractivity (Wildman–Crippen MR) is 133 cm³/mol. The summed E-state index contributed by atoms with van der Waals surface area (Å²) in [6, 6.07) is 19.7. The van der Waals surface area contributed by atoms with Crippen molar-refractivity contribution in [3.63, 3.8) is 0 Å². The van der Waals surface area contributed by atoms with Crippen LogP contribution in [0.3, 0.4) is 0 Å². The van der Waals surface area contributed by atoms with E-state index in [1.807, 2.05) is 30.3 Å². The maximum Gasteiger partial charge on any atom is 0.253 e. The summed E-state index contributed by atoms with van der Waals surface area (Å²) < 4.78 is 11.8. The minimum absolute atomic E-state index is 0.0416. The Bertz CT molecular complexity index is 1470. The van der Waals surface area contributed by atoms with Crippen LogP contribution in [0.4, 0.5) is 0 Å². The van der Waals surface area contributed by atoms with Crippen molar-refractivity contribution in [2.24, 2.45) is 17.8 Å². The molecule has 0 N–H and O–H groups in total. The molecule has 3 heterocycles. The molecule has 6 heteroatoms. The minimum Gasteiger partial charge on any atom is -0.454 e. The Balaban J connectivity index is 1.31. The average molecular weight is 464 g/mol. The van der Waals surface area contributed by atoms with Gasteiger partial charge in [-0.2, -0.15) is 5.26 Å². The first-order valence-electron chi connectivity index (χ1n) is 11.9. The summed E-state index contributed by atoms with van der Waals surface area (Å²) in [7, 11) is 3.47. The summed E-state index contributed by atoms with van der Waals surface area (Å²) in [6.07, 6.45) is 2.70. The Morgan fingerprint density at radius 1 is 1.06 bits per heavy atom. The zero-order valence-electron chi connectivity index (χ0n) is 19.7. The Labute approximate surface area is 203 Å². The molecule has 2 aliphatic rings. The number of pyridine rings is 1. The number of furan rings is 1. The first kappa shape index (κ1) is 21.6. The number of ether oxygens (including phenoxy) is 1. The smallest absolute Gasteiger partial charge is 0.253 e. The Kier molecular flexibility index (Phi) is 5.16. The van der Waals surface area contributed by atoms with Crippen LogP contribution in [0.25, 0.3) is 33.6 Å². The van der Waals surface area contributed by atoms with Gasteiger partial charge in [0, 0.05) is 43.0 Å². The second-order valence-electron chi connectivity index (χ2n) is 9.68. The lowest BCUT2D eigenvalue weighted by molar-refractivity contribution is 0.0827. The summed E-state index contributed by atoms with van der Waals surface area (Å²) in [5.41, 5.74) is 6.59. The van der Waals surface area contributed by atoms with Crippen LogP contribution in [0, 0.1) is 29.1 Å². The van der Waals surface area contributed by atoms with Crippen LogP contribution in [-0.4, -0.2) is 43.1 Å². The maximum absolute atomic E-state index is 12.2. The molecule has 6 nitrogen and oxygen atoms in total. The molecular weight excluding hydrogens is 438 g/mol. The third kappa shape index (κ3) is 3.78. The van der Waals surface area contributed by atoms with Gasteiger partial charge in [0.1, 0.15) is 11.3 Å². The molecule has 1 amide bonds. The minimum atomic E-state index is -0.0416. The fourth-order valence-electron chi connectivity index (χ4n) is 5.28. The number of nitriles is 1. The molecule has 35 heavy (non-hydrogen) atoms. The van der Waals surface area contributed by atoms with Gasteiger partial charge >= 0.3 is 0 Å². The quantitative estimate of drug-likeness (QED) is 0.408. The Hall–Kier alpha value is -3.95. The highest BCUT2D eigenvalue weighted by Gasteiger charge is 2.53. The van der Waals surface area contributed by atoms with E-state index in [2.05, 4.69) is 23.2 Å². The molecule has 0 bridgehead atoms. The van der Waals surface area contributed by atoms with E-state index in [1.165, 1.54) is 0 Å². The number of carbonyl (C=O) groups excluding carboxylic acids is 1. The SMILES string of the molecule is CN(C)C(=O)c1ccc(-c2cc3nccc(-c4ccc(CC5C6COCC65)c(C#N)c4)c3o2)cc1. The van der Waals surface area contributed by atoms with Gasteiger partial charge in [0.15, 0.2) is 5.58 Å². The lowest BCUT2D eigenvalue weighted by atomic mass is 9.96. The monoisotopic (exact) mass is 463 g/mol. The summed E-state index contributed by atoms with van der Waals surface area (Å²) in [4.78, 5) is 18.2. The van der Waals surface area contributed by atoms with Crippen LogP contribution in [0.1, 0.15) is 21.5 Å². The average Bonchev–Trinajstić information content (AvgIpc) is 3.24. The van der Waals surface area contributed by atoms with Crippen LogP contribution in [0.15, 0.2) is 65.2 Å². The van der Waals surface area contributed by atoms with Crippen molar-refractivity contribution < 1.29 is 13.9 Å². The van der Waals surface area contributed by atoms with E-state index in [0.29, 0.717) is 40.2 Å². The molecule has 2 fully saturated rings. The largest absolute Gasteiger partial charge is 0.454 e. The van der Waals surface area contributed by atoms with Crippen molar-refractivity contribution >= 4 is 17.0 Å². The van der Waals surface area contributed by atoms with E-state index < -0.39 is 0 Å². The van der Waals surface area contributed by atoms with E-state index >= 15 is 0 Å². The number of aromatic nitrogens is 1. The molecule has 2 aromatic carbocycles. The zero-order chi connectivity index (χ0) is 24.1. The molecule has 1 saturated carbocycles. The highest BCUT2D eigenvalue weighted by atomic mass is 16.5. The van der Waals surface area contributed by atoms with Gasteiger partial charge in [-0.05, 0) is 59.6 Å². The first-order chi connectivity index (χ1) is 17.0. The van der Waals surface area contributed by atoms with E-state index in [-0.39, 0.29) is 5.91 Å². The van der Waals surface area contributed by atoms with Crippen LogP contribution < -0.4 is 0 Å². The lowest BCUT2D eigenvalue weighted by Crippen LogP contribution is -2.21. The topological polar surface area (TPSA) is 79.4 Å². The molecule has 6 rings (SSSR count). The highest BCUT2D eigenvalue weighted by molar-refractivity contribution is 5.95. The third-order valence-electron chi connectivity index (χ3n) is 7.36. The van der Waals surface area contributed by atoms with Crippen LogP contribution in [0.2, 0.25) is 0 Å². The van der Waals surface area contributed by atoms with Gasteiger partial charge in [0.2, 0.25) is 0 Å². The number of carbonyl (C=O) groups is 1. The van der Waals surface area contributed by atoms with E-state index in [4.69, 9.17) is 9.15 Å². The molecule has 0 spiro atoms. The molecule has 1 saturated heterocycles. The second-order valence-corrected chi connectivity index (χ2v) is 9.68. The summed E-state index contributed by atoms with van der Waals surface area (Å²) >= 11 is 0. The number of fused-ring (bicyclic) bond motifs is 2. The molecule has 0 radical (unpaired) electrons. The van der Waals surface area contributed by atoms with Gasteiger partial charge in [-0.1, -0.05) is 24.3 Å². The van der Waals surface area contributed by atoms with Gasteiger partial charge < -0.3 is 14.1 Å². The maximum atomic E-state index is 12.2. The van der Waals surface area contributed by atoms with Crippen molar-refractivity contribution in [3.8, 4) is 28.5 Å². The van der Waals surface area contributed by atoms with E-state index in [1.54, 1.807) is 37.3 Å². The standard InChI is InChI=1S/C29H25N3O3/c1-32(2)29(33)18-5-3-17(4-6-18)27-13-26-28(35-27)22(9-10-31-26)20-8-7-19(21(11-20)14-30)12-23-24-15-34-16-25(23)24/h3-11,13,23-25H,12,15-16H2,1-2H3. The van der Waals surface area contributed by atoms with Crippen LogP contribution >= 0.6 is 0 Å². The summed E-state index contributed by atoms with van der Waals surface area (Å²) in [6.45, 7) is 1.72. The van der Waals surface area contributed by atoms with Gasteiger partial charge in [0.25, 0.3) is 5.91 Å². The highest BCUT2D eigenvalue weighted by Crippen LogP contribution is 2.52. The summed E-state index contributed by atoms with van der Waals surface area (Å²) in [5.74, 6) is 2.61. The lowest BCUT2D eigenvalue weighted by Gasteiger charge is -2.10. The molecular formula is C29H25N3O3. The van der Waals surface area contributed by atoms with E-state index in [0.717, 1.165) is 47.4 Å². The number of amides is 1. The van der Waals surface area contributed by atoms with Crippen molar-refractivity contribution in [1.29, 1.82) is 5.26 Å². The molecule has 174 valence electrons. The van der Waals surface area contributed by atoms with Gasteiger partial charge in [0.05, 0.1) is 24.8 Å². The first-order valence-corrected chi connectivity index (χ1v) is 11.9. The zero-order valence-corrected chi connectivity index (χ0v) is 19.7. The Morgan fingerprint density at radius 2 is 1.80 bits per heavy atom. The number of rotatable bonds is 5. The Morgan fingerprint density at radius 3 is 2.51 bits per heavy atom. The van der Waals surface area contributed by atoms with Crippen molar-refractivity contribution in [1.82, 2.24) is 9.88 Å². The van der Waals surface area contributed by atoms with Gasteiger partial charge in [-0.3, -0.25) is 9.78 Å². The van der Waals surface area contributed by atoms with Crippen molar-refractivity contribution in [2.45, 2.75) is 6.42 Å². The fraction of sp³-hybridized carbons (Fsp3) is 0.276. The fourth-order valence-corrected chi connectivity index (χ4v) is 5.28. The second kappa shape index (κ2) is 8.37. The molecule has 4 aromatic rings. The van der Waals surface area contributed by atoms with Gasteiger partial charge in [-0.15, -0.1) is 0 Å². The van der Waals surface area contributed by atoms with Crippen molar-refractivity contribution in [2.75, 3.05) is 27.3 Å². The van der Waals surface area contributed by atoms with Crippen molar-refractivity contribution in [3.05, 3.63) is 77.5 Å². The molecule has 2 unspecified atom stereocenters. The van der Waals surface area contributed by atoms with Crippen LogP contribution in [-0.2, 0) is 11.2 Å². The van der Waals surface area contributed by atoms with Crippen LogP contribution in [0.5, 0.6) is 0 Å². The summed E-state index contributed by atoms with van der Waals surface area (Å²) in [5, 5.41) is 9.85. The molecule has 1 aliphatic carbocycles. The third-order valence-corrected chi connectivity index (χ3v) is 7.36. The number of hydrogen-bond acceptors (Lipinski definition) is 5. The normalized spacial score (nSPS) is 20.4. The number of hydrogen-bond donors (Lipinski definition) is 0. The predicted octanol–water partition coefficient (Wildman–Crippen LogP) is 5.17. The van der Waals surface area contributed by atoms with Gasteiger partial charge in [-0.25, -0.2) is 0 Å². The molecule has 1 aliphatic heterocycles. The number of benzene rings is 2.